The fraction of sp³-hybridized carbons (Fsp3) is 0.316. The second kappa shape index (κ2) is 7.14. The molecule has 1 atom stereocenters. The average molecular weight is 320 g/mol. The third-order valence-electron chi connectivity index (χ3n) is 4.23. The Bertz CT molecular complexity index is 764. The van der Waals surface area contributed by atoms with E-state index in [0.29, 0.717) is 17.0 Å². The minimum atomic E-state index is 0.0394. The molecule has 1 aromatic carbocycles. The van der Waals surface area contributed by atoms with Gasteiger partial charge in [0.05, 0.1) is 29.1 Å². The van der Waals surface area contributed by atoms with Crippen LogP contribution in [-0.2, 0) is 0 Å². The van der Waals surface area contributed by atoms with Crippen LogP contribution >= 0.6 is 0 Å². The predicted molar refractivity (Wildman–Crippen MR) is 93.0 cm³/mol. The van der Waals surface area contributed by atoms with Crippen molar-refractivity contribution in [1.82, 2.24) is 9.88 Å². The number of carbonyl (C=O) groups is 1. The number of nitrogens with zero attached hydrogens (tertiary/aromatic N) is 3. The van der Waals surface area contributed by atoms with Gasteiger partial charge in [-0.05, 0) is 49.1 Å². The summed E-state index contributed by atoms with van der Waals surface area (Å²) in [6.07, 6.45) is 5.55. The van der Waals surface area contributed by atoms with Crippen molar-refractivity contribution in [1.29, 1.82) is 5.26 Å². The number of likely N-dealkylation sites (tertiary alicyclic amines) is 1. The summed E-state index contributed by atoms with van der Waals surface area (Å²) in [5.74, 6) is 0.591. The summed E-state index contributed by atoms with van der Waals surface area (Å²) in [4.78, 5) is 18.8. The van der Waals surface area contributed by atoms with Crippen molar-refractivity contribution < 1.29 is 4.79 Å². The van der Waals surface area contributed by atoms with Crippen molar-refractivity contribution in [2.45, 2.75) is 19.8 Å². The molecule has 1 unspecified atom stereocenters. The number of pyridine rings is 1. The van der Waals surface area contributed by atoms with Crippen LogP contribution in [0.4, 0.5) is 11.4 Å². The van der Waals surface area contributed by atoms with Crippen LogP contribution in [0.1, 0.15) is 35.7 Å². The van der Waals surface area contributed by atoms with E-state index in [1.807, 2.05) is 23.1 Å². The van der Waals surface area contributed by atoms with Crippen molar-refractivity contribution in [3.8, 4) is 6.07 Å². The Morgan fingerprint density at radius 3 is 2.79 bits per heavy atom. The molecule has 0 radical (unpaired) electrons. The molecule has 1 aromatic heterocycles. The summed E-state index contributed by atoms with van der Waals surface area (Å²) in [5, 5.41) is 12.1. The van der Waals surface area contributed by atoms with Gasteiger partial charge in [0.1, 0.15) is 0 Å². The van der Waals surface area contributed by atoms with Crippen molar-refractivity contribution in [2.75, 3.05) is 18.4 Å². The molecule has 0 aliphatic carbocycles. The van der Waals surface area contributed by atoms with Crippen LogP contribution in [0.25, 0.3) is 0 Å². The first-order chi connectivity index (χ1) is 11.7. The number of rotatable bonds is 3. The zero-order chi connectivity index (χ0) is 16.9. The lowest BCUT2D eigenvalue weighted by molar-refractivity contribution is 0.0682. The summed E-state index contributed by atoms with van der Waals surface area (Å²) in [7, 11) is 0. The van der Waals surface area contributed by atoms with E-state index in [4.69, 9.17) is 5.26 Å². The van der Waals surface area contributed by atoms with Gasteiger partial charge >= 0.3 is 0 Å². The Kier molecular flexibility index (Phi) is 4.76. The number of anilines is 2. The molecular weight excluding hydrogens is 300 g/mol. The molecule has 1 saturated heterocycles. The number of nitrogens with one attached hydrogen (secondary N) is 1. The number of aromatic nitrogens is 1. The highest BCUT2D eigenvalue weighted by Gasteiger charge is 2.22. The first kappa shape index (κ1) is 16.0. The lowest BCUT2D eigenvalue weighted by Gasteiger charge is -2.31. The molecular formula is C19H20N4O. The van der Waals surface area contributed by atoms with E-state index in [0.717, 1.165) is 30.9 Å². The smallest absolute Gasteiger partial charge is 0.255 e. The van der Waals surface area contributed by atoms with Gasteiger partial charge in [-0.15, -0.1) is 0 Å². The van der Waals surface area contributed by atoms with Crippen molar-refractivity contribution in [3.05, 3.63) is 53.9 Å². The van der Waals surface area contributed by atoms with Crippen LogP contribution in [0.3, 0.4) is 0 Å². The summed E-state index contributed by atoms with van der Waals surface area (Å²) in [6.45, 7) is 3.81. The monoisotopic (exact) mass is 320 g/mol. The van der Waals surface area contributed by atoms with Crippen LogP contribution in [-0.4, -0.2) is 28.9 Å². The van der Waals surface area contributed by atoms with Crippen molar-refractivity contribution >= 4 is 17.3 Å². The number of carbonyl (C=O) groups excluding carboxylic acids is 1. The minimum Gasteiger partial charge on any atom is -0.354 e. The maximum atomic E-state index is 12.7. The van der Waals surface area contributed by atoms with Gasteiger partial charge in [-0.1, -0.05) is 6.92 Å². The second-order valence-corrected chi connectivity index (χ2v) is 6.28. The van der Waals surface area contributed by atoms with Gasteiger partial charge in [0.25, 0.3) is 5.91 Å². The topological polar surface area (TPSA) is 69.0 Å². The lowest BCUT2D eigenvalue weighted by atomic mass is 10.00. The van der Waals surface area contributed by atoms with Gasteiger partial charge < -0.3 is 10.2 Å². The molecule has 1 amide bonds. The first-order valence-corrected chi connectivity index (χ1v) is 8.17. The third-order valence-corrected chi connectivity index (χ3v) is 4.23. The summed E-state index contributed by atoms with van der Waals surface area (Å²) in [6, 6.07) is 11.1. The molecule has 2 heterocycles. The normalized spacial score (nSPS) is 17.2. The highest BCUT2D eigenvalue weighted by Crippen LogP contribution is 2.21. The largest absolute Gasteiger partial charge is 0.354 e. The maximum Gasteiger partial charge on any atom is 0.255 e. The Balaban J connectivity index is 1.73. The second-order valence-electron chi connectivity index (χ2n) is 6.28. The van der Waals surface area contributed by atoms with E-state index in [1.54, 1.807) is 24.5 Å². The summed E-state index contributed by atoms with van der Waals surface area (Å²) in [5.41, 5.74) is 2.83. The number of hydrogen-bond donors (Lipinski definition) is 1. The molecule has 0 spiro atoms. The van der Waals surface area contributed by atoms with Gasteiger partial charge in [0.2, 0.25) is 0 Å². The van der Waals surface area contributed by atoms with E-state index in [9.17, 15) is 4.79 Å². The van der Waals surface area contributed by atoms with Crippen molar-refractivity contribution in [2.24, 2.45) is 5.92 Å². The Hall–Kier alpha value is -2.87. The molecule has 5 nitrogen and oxygen atoms in total. The van der Waals surface area contributed by atoms with Crippen LogP contribution in [0.15, 0.2) is 42.7 Å². The number of hydrogen-bond acceptors (Lipinski definition) is 4. The number of benzene rings is 1. The van der Waals surface area contributed by atoms with Gasteiger partial charge in [-0.3, -0.25) is 9.78 Å². The zero-order valence-electron chi connectivity index (χ0n) is 13.7. The number of amides is 1. The number of piperidine rings is 1. The van der Waals surface area contributed by atoms with E-state index in [2.05, 4.69) is 23.3 Å². The fourth-order valence-electron chi connectivity index (χ4n) is 2.98. The minimum absolute atomic E-state index is 0.0394. The molecule has 5 heteroatoms. The van der Waals surface area contributed by atoms with Crippen molar-refractivity contribution in [3.63, 3.8) is 0 Å². The number of nitriles is 1. The van der Waals surface area contributed by atoms with E-state index >= 15 is 0 Å². The molecule has 2 aromatic rings. The average Bonchev–Trinajstić information content (AvgIpc) is 2.62. The predicted octanol–water partition coefficient (Wildman–Crippen LogP) is 3.57. The van der Waals surface area contributed by atoms with Crippen LogP contribution in [0, 0.1) is 17.2 Å². The molecule has 1 N–H and O–H groups in total. The van der Waals surface area contributed by atoms with E-state index < -0.39 is 0 Å². The highest BCUT2D eigenvalue weighted by molar-refractivity contribution is 5.95. The standard InChI is InChI=1S/C19H20N4O/c1-14-3-2-8-23(13-14)19(24)16-9-18(12-21-11-16)22-17-6-4-15(10-20)5-7-17/h4-7,9,11-12,14,22H,2-3,8,13H2,1H3. The van der Waals surface area contributed by atoms with Gasteiger partial charge in [0.15, 0.2) is 0 Å². The molecule has 122 valence electrons. The van der Waals surface area contributed by atoms with Crippen LogP contribution in [0.5, 0.6) is 0 Å². The summed E-state index contributed by atoms with van der Waals surface area (Å²) < 4.78 is 0. The highest BCUT2D eigenvalue weighted by atomic mass is 16.2. The van der Waals surface area contributed by atoms with E-state index in [1.165, 1.54) is 6.42 Å². The molecule has 0 saturated carbocycles. The Morgan fingerprint density at radius 2 is 2.08 bits per heavy atom. The van der Waals surface area contributed by atoms with Gasteiger partial charge in [-0.2, -0.15) is 5.26 Å². The SMILES string of the molecule is CC1CCCN(C(=O)c2cncc(Nc3ccc(C#N)cc3)c2)C1. The molecule has 1 aliphatic rings. The quantitative estimate of drug-likeness (QED) is 0.938. The van der Waals surface area contributed by atoms with Crippen LogP contribution in [0.2, 0.25) is 0 Å². The Labute approximate surface area is 141 Å². The lowest BCUT2D eigenvalue weighted by Crippen LogP contribution is -2.39. The zero-order valence-corrected chi connectivity index (χ0v) is 13.7. The molecule has 0 bridgehead atoms. The van der Waals surface area contributed by atoms with Gasteiger partial charge in [-0.25, -0.2) is 0 Å². The first-order valence-electron chi connectivity index (χ1n) is 8.17. The maximum absolute atomic E-state index is 12.7. The molecule has 1 fully saturated rings. The molecule has 3 rings (SSSR count). The third kappa shape index (κ3) is 3.72. The molecule has 24 heavy (non-hydrogen) atoms. The Morgan fingerprint density at radius 1 is 1.29 bits per heavy atom. The van der Waals surface area contributed by atoms with Crippen LogP contribution < -0.4 is 5.32 Å². The summed E-state index contributed by atoms with van der Waals surface area (Å²) >= 11 is 0. The van der Waals surface area contributed by atoms with E-state index in [-0.39, 0.29) is 5.91 Å². The van der Waals surface area contributed by atoms with Gasteiger partial charge in [0, 0.05) is 25.0 Å². The molecule has 1 aliphatic heterocycles. The fourth-order valence-corrected chi connectivity index (χ4v) is 2.98.